The first-order valence-electron chi connectivity index (χ1n) is 4.72. The Morgan fingerprint density at radius 2 is 2.08 bits per heavy atom. The molecule has 2 heteroatoms. The highest BCUT2D eigenvalue weighted by Gasteiger charge is 2.05. The summed E-state index contributed by atoms with van der Waals surface area (Å²) in [5.74, 6) is 0.991. The summed E-state index contributed by atoms with van der Waals surface area (Å²) >= 11 is 0. The zero-order valence-electron chi connectivity index (χ0n) is 8.00. The first-order valence-corrected chi connectivity index (χ1v) is 4.72. The zero-order chi connectivity index (χ0) is 9.26. The van der Waals surface area contributed by atoms with Crippen LogP contribution in [0.25, 0.3) is 10.9 Å². The summed E-state index contributed by atoms with van der Waals surface area (Å²) in [6.45, 7) is 4.23. The molecule has 0 fully saturated rings. The molecule has 0 saturated heterocycles. The van der Waals surface area contributed by atoms with Crippen LogP contribution in [0.2, 0.25) is 0 Å². The predicted molar refractivity (Wildman–Crippen MR) is 52.8 cm³/mol. The SMILES string of the molecule is CCc1ccc2noc(CC)c2c1. The molecule has 0 atom stereocenters. The largest absolute Gasteiger partial charge is 0.360 e. The lowest BCUT2D eigenvalue weighted by Gasteiger charge is -1.95. The topological polar surface area (TPSA) is 26.0 Å². The molecule has 68 valence electrons. The normalized spacial score (nSPS) is 10.9. The quantitative estimate of drug-likeness (QED) is 0.701. The van der Waals surface area contributed by atoms with Crippen LogP contribution in [0, 0.1) is 0 Å². The van der Waals surface area contributed by atoms with Crippen LogP contribution < -0.4 is 0 Å². The third-order valence-corrected chi connectivity index (χ3v) is 2.34. The summed E-state index contributed by atoms with van der Waals surface area (Å²) < 4.78 is 5.21. The van der Waals surface area contributed by atoms with Gasteiger partial charge in [-0.1, -0.05) is 25.1 Å². The van der Waals surface area contributed by atoms with Gasteiger partial charge in [-0.05, 0) is 24.1 Å². The fraction of sp³-hybridized carbons (Fsp3) is 0.364. The van der Waals surface area contributed by atoms with Crippen LogP contribution >= 0.6 is 0 Å². The van der Waals surface area contributed by atoms with Crippen LogP contribution in [0.3, 0.4) is 0 Å². The lowest BCUT2D eigenvalue weighted by molar-refractivity contribution is 0.395. The molecular weight excluding hydrogens is 162 g/mol. The minimum atomic E-state index is 0.906. The number of aryl methyl sites for hydroxylation is 2. The molecule has 0 spiro atoms. The highest BCUT2D eigenvalue weighted by atomic mass is 16.5. The van der Waals surface area contributed by atoms with E-state index in [0.29, 0.717) is 0 Å². The third-order valence-electron chi connectivity index (χ3n) is 2.34. The first kappa shape index (κ1) is 8.30. The van der Waals surface area contributed by atoms with Crippen LogP contribution in [0.5, 0.6) is 0 Å². The number of rotatable bonds is 2. The van der Waals surface area contributed by atoms with Gasteiger partial charge < -0.3 is 4.52 Å². The van der Waals surface area contributed by atoms with E-state index in [1.807, 2.05) is 6.07 Å². The molecule has 0 radical (unpaired) electrons. The van der Waals surface area contributed by atoms with Crippen molar-refractivity contribution in [2.75, 3.05) is 0 Å². The molecule has 1 aromatic carbocycles. The fourth-order valence-electron chi connectivity index (χ4n) is 1.51. The molecule has 0 aliphatic carbocycles. The molecule has 0 unspecified atom stereocenters. The predicted octanol–water partition coefficient (Wildman–Crippen LogP) is 2.95. The van der Waals surface area contributed by atoms with Gasteiger partial charge in [-0.15, -0.1) is 0 Å². The highest BCUT2D eigenvalue weighted by molar-refractivity contribution is 5.81. The highest BCUT2D eigenvalue weighted by Crippen LogP contribution is 2.20. The van der Waals surface area contributed by atoms with Gasteiger partial charge in [-0.25, -0.2) is 0 Å². The molecule has 0 N–H and O–H groups in total. The number of hydrogen-bond donors (Lipinski definition) is 0. The second kappa shape index (κ2) is 3.21. The van der Waals surface area contributed by atoms with Crippen molar-refractivity contribution in [3.8, 4) is 0 Å². The van der Waals surface area contributed by atoms with Gasteiger partial charge in [0.05, 0.1) is 0 Å². The zero-order valence-corrected chi connectivity index (χ0v) is 8.00. The average Bonchev–Trinajstić information content (AvgIpc) is 2.59. The van der Waals surface area contributed by atoms with E-state index in [9.17, 15) is 0 Å². The summed E-state index contributed by atoms with van der Waals surface area (Å²) in [6.07, 6.45) is 1.97. The number of fused-ring (bicyclic) bond motifs is 1. The maximum Gasteiger partial charge on any atom is 0.144 e. The lowest BCUT2D eigenvalue weighted by atomic mass is 10.1. The fourth-order valence-corrected chi connectivity index (χ4v) is 1.51. The number of hydrogen-bond acceptors (Lipinski definition) is 2. The molecule has 0 amide bonds. The van der Waals surface area contributed by atoms with Gasteiger partial charge in [0.1, 0.15) is 11.3 Å². The summed E-state index contributed by atoms with van der Waals surface area (Å²) in [4.78, 5) is 0. The van der Waals surface area contributed by atoms with E-state index < -0.39 is 0 Å². The molecule has 2 rings (SSSR count). The Balaban J connectivity index is 2.64. The first-order chi connectivity index (χ1) is 6.35. The molecule has 1 aromatic heterocycles. The van der Waals surface area contributed by atoms with Crippen molar-refractivity contribution in [1.82, 2.24) is 5.16 Å². The summed E-state index contributed by atoms with van der Waals surface area (Å²) in [5.41, 5.74) is 2.31. The minimum absolute atomic E-state index is 0.906. The Kier molecular flexibility index (Phi) is 2.05. The van der Waals surface area contributed by atoms with E-state index in [1.54, 1.807) is 0 Å². The van der Waals surface area contributed by atoms with Gasteiger partial charge in [-0.3, -0.25) is 0 Å². The van der Waals surface area contributed by atoms with Crippen molar-refractivity contribution in [2.45, 2.75) is 26.7 Å². The van der Waals surface area contributed by atoms with Gasteiger partial charge in [-0.2, -0.15) is 0 Å². The molecule has 2 nitrogen and oxygen atoms in total. The van der Waals surface area contributed by atoms with E-state index in [0.717, 1.165) is 24.1 Å². The van der Waals surface area contributed by atoms with Crippen molar-refractivity contribution in [2.24, 2.45) is 0 Å². The Hall–Kier alpha value is -1.31. The summed E-state index contributed by atoms with van der Waals surface area (Å²) in [5, 5.41) is 5.16. The number of aromatic nitrogens is 1. The van der Waals surface area contributed by atoms with Crippen molar-refractivity contribution in [3.05, 3.63) is 29.5 Å². The minimum Gasteiger partial charge on any atom is -0.360 e. The van der Waals surface area contributed by atoms with Gasteiger partial charge in [0.15, 0.2) is 0 Å². The molecule has 0 aliphatic rings. The third kappa shape index (κ3) is 1.32. The Bertz CT molecular complexity index is 417. The number of benzene rings is 1. The van der Waals surface area contributed by atoms with E-state index >= 15 is 0 Å². The Labute approximate surface area is 77.5 Å². The van der Waals surface area contributed by atoms with E-state index in [4.69, 9.17) is 4.52 Å². The van der Waals surface area contributed by atoms with Gasteiger partial charge in [0.2, 0.25) is 0 Å². The van der Waals surface area contributed by atoms with Crippen molar-refractivity contribution >= 4 is 10.9 Å². The van der Waals surface area contributed by atoms with Gasteiger partial charge >= 0.3 is 0 Å². The maximum atomic E-state index is 5.21. The van der Waals surface area contributed by atoms with Crippen LogP contribution in [0.4, 0.5) is 0 Å². The van der Waals surface area contributed by atoms with Crippen molar-refractivity contribution < 1.29 is 4.52 Å². The molecule has 1 heterocycles. The van der Waals surface area contributed by atoms with Crippen LogP contribution in [0.15, 0.2) is 22.7 Å². The monoisotopic (exact) mass is 175 g/mol. The van der Waals surface area contributed by atoms with Crippen molar-refractivity contribution in [1.29, 1.82) is 0 Å². The molecule has 2 aromatic rings. The van der Waals surface area contributed by atoms with E-state index in [1.165, 1.54) is 10.9 Å². The smallest absolute Gasteiger partial charge is 0.144 e. The second-order valence-electron chi connectivity index (χ2n) is 3.16. The van der Waals surface area contributed by atoms with E-state index in [2.05, 4.69) is 31.1 Å². The number of nitrogens with zero attached hydrogens (tertiary/aromatic N) is 1. The van der Waals surface area contributed by atoms with Crippen LogP contribution in [-0.2, 0) is 12.8 Å². The Morgan fingerprint density at radius 1 is 1.23 bits per heavy atom. The van der Waals surface area contributed by atoms with Crippen LogP contribution in [-0.4, -0.2) is 5.16 Å². The molecule has 0 aliphatic heterocycles. The Morgan fingerprint density at radius 3 is 2.77 bits per heavy atom. The molecular formula is C11H13NO. The molecule has 0 bridgehead atoms. The van der Waals surface area contributed by atoms with E-state index in [-0.39, 0.29) is 0 Å². The van der Waals surface area contributed by atoms with Gasteiger partial charge in [0.25, 0.3) is 0 Å². The summed E-state index contributed by atoms with van der Waals surface area (Å²) in [7, 11) is 0. The molecule has 0 saturated carbocycles. The second-order valence-corrected chi connectivity index (χ2v) is 3.16. The summed E-state index contributed by atoms with van der Waals surface area (Å²) in [6, 6.07) is 6.30. The average molecular weight is 175 g/mol. The van der Waals surface area contributed by atoms with Gasteiger partial charge in [0, 0.05) is 11.8 Å². The maximum absolute atomic E-state index is 5.21. The lowest BCUT2D eigenvalue weighted by Crippen LogP contribution is -1.80. The standard InChI is InChI=1S/C11H13NO/c1-3-8-5-6-10-9(7-8)11(4-2)13-12-10/h5-7H,3-4H2,1-2H3. The van der Waals surface area contributed by atoms with Crippen molar-refractivity contribution in [3.63, 3.8) is 0 Å². The van der Waals surface area contributed by atoms with Crippen LogP contribution in [0.1, 0.15) is 25.2 Å². The molecule has 13 heavy (non-hydrogen) atoms.